The first-order chi connectivity index (χ1) is 22.1. The molecule has 0 unspecified atom stereocenters. The molecule has 0 aromatic carbocycles. The lowest BCUT2D eigenvalue weighted by Gasteiger charge is -2.36. The molecule has 0 aromatic heterocycles. The normalized spacial score (nSPS) is 22.7. The van der Waals surface area contributed by atoms with Gasteiger partial charge in [-0.05, 0) is 38.5 Å². The molecular weight excluding hydrogens is 612 g/mol. The zero-order chi connectivity index (χ0) is 33.1. The molecule has 4 heterocycles. The number of carboxylic acids is 2. The van der Waals surface area contributed by atoms with Gasteiger partial charge in [0.1, 0.15) is 42.9 Å². The minimum Gasteiger partial charge on any atom is -0.480 e. The number of ether oxygens (including phenoxy) is 6. The van der Waals surface area contributed by atoms with E-state index in [2.05, 4.69) is 0 Å². The molecule has 0 spiro atoms. The lowest BCUT2D eigenvalue weighted by Crippen LogP contribution is -2.53. The maximum absolute atomic E-state index is 14.3. The van der Waals surface area contributed by atoms with Crippen molar-refractivity contribution in [3.63, 3.8) is 0 Å². The Labute approximate surface area is 266 Å². The van der Waals surface area contributed by atoms with Crippen molar-refractivity contribution in [2.24, 2.45) is 5.41 Å². The lowest BCUT2D eigenvalue weighted by molar-refractivity contribution is -0.158. The van der Waals surface area contributed by atoms with Gasteiger partial charge in [0.2, 0.25) is 11.8 Å². The summed E-state index contributed by atoms with van der Waals surface area (Å²) in [6.45, 7) is 0.769. The molecule has 0 bridgehead atoms. The minimum absolute atomic E-state index is 0.0235. The summed E-state index contributed by atoms with van der Waals surface area (Å²) in [4.78, 5) is 79.0. The summed E-state index contributed by atoms with van der Waals surface area (Å²) in [6, 6.07) is -2.08. The summed E-state index contributed by atoms with van der Waals surface area (Å²) in [5.41, 5.74) is -1.79. The van der Waals surface area contributed by atoms with Crippen LogP contribution >= 0.6 is 0 Å². The van der Waals surface area contributed by atoms with Gasteiger partial charge in [-0.1, -0.05) is 0 Å². The number of likely N-dealkylation sites (tertiary alicyclic amines) is 2. The van der Waals surface area contributed by atoms with Crippen LogP contribution in [0.2, 0.25) is 0 Å². The highest BCUT2D eigenvalue weighted by Crippen LogP contribution is 2.34. The third-order valence-electron chi connectivity index (χ3n) is 8.95. The van der Waals surface area contributed by atoms with E-state index >= 15 is 0 Å². The molecule has 16 heteroatoms. The monoisotopic (exact) mass is 656 g/mol. The molecule has 4 rings (SSSR count). The Morgan fingerprint density at radius 2 is 1.13 bits per heavy atom. The van der Waals surface area contributed by atoms with Crippen LogP contribution in [0.25, 0.3) is 0 Å². The van der Waals surface area contributed by atoms with Crippen molar-refractivity contribution in [3.05, 3.63) is 0 Å². The predicted molar refractivity (Wildman–Crippen MR) is 154 cm³/mol. The van der Waals surface area contributed by atoms with Crippen LogP contribution in [-0.2, 0) is 47.6 Å². The van der Waals surface area contributed by atoms with Crippen LogP contribution in [0.5, 0.6) is 0 Å². The van der Waals surface area contributed by atoms with Gasteiger partial charge in [0.05, 0.1) is 26.4 Å². The molecule has 0 radical (unpaired) electrons. The summed E-state index contributed by atoms with van der Waals surface area (Å²) < 4.78 is 32.3. The molecule has 0 aliphatic carbocycles. The first-order valence-corrected chi connectivity index (χ1v) is 16.0. The largest absolute Gasteiger partial charge is 0.508 e. The van der Waals surface area contributed by atoms with Crippen LogP contribution in [0.1, 0.15) is 70.6 Å². The van der Waals surface area contributed by atoms with Crippen LogP contribution in [0.15, 0.2) is 0 Å². The molecule has 258 valence electrons. The number of carbonyl (C=O) groups excluding carboxylic acids is 4. The van der Waals surface area contributed by atoms with Crippen molar-refractivity contribution in [2.75, 3.05) is 52.7 Å². The van der Waals surface area contributed by atoms with Crippen LogP contribution in [0.4, 0.5) is 9.59 Å². The fourth-order valence-corrected chi connectivity index (χ4v) is 6.35. The number of nitrogens with zero attached hydrogens (tertiary/aromatic N) is 2. The Balaban J connectivity index is 1.53. The van der Waals surface area contributed by atoms with Gasteiger partial charge in [-0.25, -0.2) is 19.2 Å². The summed E-state index contributed by atoms with van der Waals surface area (Å²) in [5, 5.41) is 19.3. The van der Waals surface area contributed by atoms with Gasteiger partial charge in [0.15, 0.2) is 0 Å². The fraction of sp³-hybridized carbons (Fsp3) is 0.800. The van der Waals surface area contributed by atoms with E-state index in [0.29, 0.717) is 71.4 Å². The summed E-state index contributed by atoms with van der Waals surface area (Å²) in [6.07, 6.45) is 0.0806. The molecule has 2 N–H and O–H groups in total. The van der Waals surface area contributed by atoms with E-state index in [1.54, 1.807) is 0 Å². The van der Waals surface area contributed by atoms with Crippen molar-refractivity contribution in [2.45, 2.75) is 94.9 Å². The van der Waals surface area contributed by atoms with E-state index in [-0.39, 0.29) is 38.8 Å². The number of hydrogen-bond donors (Lipinski definition) is 2. The number of rotatable bonds is 13. The number of aliphatic carboxylic acids is 2. The third kappa shape index (κ3) is 9.44. The van der Waals surface area contributed by atoms with Crippen LogP contribution in [0.3, 0.4) is 0 Å². The molecule has 16 nitrogen and oxygen atoms in total. The van der Waals surface area contributed by atoms with E-state index in [1.165, 1.54) is 9.80 Å². The second kappa shape index (κ2) is 16.8. The molecule has 46 heavy (non-hydrogen) atoms. The number of hydrogen-bond acceptors (Lipinski definition) is 12. The highest BCUT2D eigenvalue weighted by molar-refractivity contribution is 5.89. The van der Waals surface area contributed by atoms with E-state index in [1.807, 2.05) is 0 Å². The van der Waals surface area contributed by atoms with E-state index in [4.69, 9.17) is 28.4 Å². The van der Waals surface area contributed by atoms with Crippen LogP contribution < -0.4 is 0 Å². The second-order valence-electron chi connectivity index (χ2n) is 12.1. The van der Waals surface area contributed by atoms with Crippen molar-refractivity contribution >= 4 is 36.1 Å². The molecule has 4 saturated heterocycles. The fourth-order valence-electron chi connectivity index (χ4n) is 6.35. The summed E-state index contributed by atoms with van der Waals surface area (Å²) in [5.74, 6) is -3.44. The molecule has 0 saturated carbocycles. The van der Waals surface area contributed by atoms with E-state index in [9.17, 15) is 39.0 Å². The van der Waals surface area contributed by atoms with E-state index in [0.717, 1.165) is 0 Å². The number of amides is 2. The topological polar surface area (TPSA) is 205 Å². The molecule has 4 fully saturated rings. The molecule has 2 amide bonds. The average molecular weight is 657 g/mol. The Hall–Kier alpha value is -3.66. The zero-order valence-electron chi connectivity index (χ0n) is 25.9. The van der Waals surface area contributed by atoms with Gasteiger partial charge in [-0.2, -0.15) is 0 Å². The maximum atomic E-state index is 14.3. The van der Waals surface area contributed by atoms with Crippen molar-refractivity contribution < 1.29 is 67.4 Å². The smallest absolute Gasteiger partial charge is 0.480 e. The number of carbonyl (C=O) groups is 6. The van der Waals surface area contributed by atoms with Gasteiger partial charge in [0.25, 0.3) is 0 Å². The standard InChI is InChI=1S/C30H44N2O14/c33-24(31-12-2-4-22(31)25(34)35)6-1-11-30(27(38)32-13-3-5-23(32)26(36)37,18-43-28(39)45-20-7-14-41-15-8-20)19-44-29(40)46-21-9-16-42-17-10-21/h20-23H,1-19H2,(H,34,35)(H,36,37)/t22-,23-/m1/s1. The van der Waals surface area contributed by atoms with Gasteiger partial charge in [-0.3, -0.25) is 9.59 Å². The van der Waals surface area contributed by atoms with Crippen molar-refractivity contribution in [1.82, 2.24) is 9.80 Å². The highest BCUT2D eigenvalue weighted by atomic mass is 16.7. The van der Waals surface area contributed by atoms with Crippen molar-refractivity contribution in [1.29, 1.82) is 0 Å². The van der Waals surface area contributed by atoms with Crippen LogP contribution in [0, 0.1) is 5.41 Å². The van der Waals surface area contributed by atoms with E-state index < -0.39 is 79.0 Å². The minimum atomic E-state index is -1.79. The SMILES string of the molecule is O=C(OCC(CCCC(=O)N1CCC[C@@H]1C(=O)O)(COC(=O)OC1CCOCC1)C(=O)N1CCC[C@@H]1C(=O)O)OC1CCOCC1. The van der Waals surface area contributed by atoms with Crippen LogP contribution in [-0.4, -0.2) is 133 Å². The summed E-state index contributed by atoms with van der Waals surface area (Å²) in [7, 11) is 0. The Morgan fingerprint density at radius 3 is 1.61 bits per heavy atom. The zero-order valence-corrected chi connectivity index (χ0v) is 25.9. The Bertz CT molecular complexity index is 1070. The molecule has 4 aliphatic heterocycles. The predicted octanol–water partition coefficient (Wildman–Crippen LogP) is 1.96. The van der Waals surface area contributed by atoms with Gasteiger partial charge < -0.3 is 48.4 Å². The maximum Gasteiger partial charge on any atom is 0.508 e. The third-order valence-corrected chi connectivity index (χ3v) is 8.95. The first-order valence-electron chi connectivity index (χ1n) is 16.0. The quantitative estimate of drug-likeness (QED) is 0.272. The molecule has 0 aromatic rings. The molecule has 2 atom stereocenters. The highest BCUT2D eigenvalue weighted by Gasteiger charge is 2.48. The second-order valence-corrected chi connectivity index (χ2v) is 12.1. The van der Waals surface area contributed by atoms with Gasteiger partial charge >= 0.3 is 24.2 Å². The summed E-state index contributed by atoms with van der Waals surface area (Å²) >= 11 is 0. The Morgan fingerprint density at radius 1 is 0.674 bits per heavy atom. The van der Waals surface area contributed by atoms with Gasteiger partial charge in [-0.15, -0.1) is 0 Å². The van der Waals surface area contributed by atoms with Gasteiger partial charge in [0, 0.05) is 45.2 Å². The van der Waals surface area contributed by atoms with Crippen molar-refractivity contribution in [3.8, 4) is 0 Å². The first kappa shape index (κ1) is 35.2. The Kier molecular flexibility index (Phi) is 12.8. The number of carboxylic acid groups (broad SMARTS) is 2. The average Bonchev–Trinajstić information content (AvgIpc) is 3.74. The lowest BCUT2D eigenvalue weighted by atomic mass is 9.82. The molecule has 4 aliphatic rings. The molecular formula is C30H44N2O14.